The zero-order valence-electron chi connectivity index (χ0n) is 34.8. The van der Waals surface area contributed by atoms with Gasteiger partial charge in [-0.2, -0.15) is 0 Å². The molecule has 0 spiro atoms. The fraction of sp³-hybridized carbons (Fsp3) is 0.0667. The summed E-state index contributed by atoms with van der Waals surface area (Å²) < 4.78 is 2.41. The highest BCUT2D eigenvalue weighted by molar-refractivity contribution is 6.21. The molecule has 1 heteroatoms. The van der Waals surface area contributed by atoms with Gasteiger partial charge in [0.25, 0.3) is 0 Å². The lowest BCUT2D eigenvalue weighted by molar-refractivity contribution is 0.827. The molecule has 290 valence electrons. The molecule has 1 aromatic heterocycles. The number of rotatable bonds is 7. The van der Waals surface area contributed by atoms with Crippen molar-refractivity contribution >= 4 is 43.4 Å². The topological polar surface area (TPSA) is 4.93 Å². The van der Waals surface area contributed by atoms with E-state index in [9.17, 15) is 0 Å². The molecule has 0 unspecified atom stereocenters. The summed E-state index contributed by atoms with van der Waals surface area (Å²) in [5, 5.41) is 7.73. The second kappa shape index (κ2) is 15.0. The van der Waals surface area contributed by atoms with Gasteiger partial charge < -0.3 is 4.57 Å². The SMILES string of the molecule is CCn1c2ccccc2c2cc(-c3ccc(-c4ccc(-c5c6ccccc6c(-c6ccc(-c7ccc(-c8ccccc8)cc7)cc6)c6cc(C)c(C)cc56)cc4)cc3)ccc21. The van der Waals surface area contributed by atoms with Gasteiger partial charge in [-0.25, -0.2) is 0 Å². The van der Waals surface area contributed by atoms with Crippen molar-refractivity contribution in [3.63, 3.8) is 0 Å². The van der Waals surface area contributed by atoms with Crippen LogP contribution in [-0.4, -0.2) is 4.57 Å². The number of fused-ring (bicyclic) bond motifs is 5. The Labute approximate surface area is 357 Å². The molecule has 0 aliphatic carbocycles. The van der Waals surface area contributed by atoms with Crippen LogP contribution in [-0.2, 0) is 6.54 Å². The smallest absolute Gasteiger partial charge is 0.0491 e. The molecule has 1 heterocycles. The molecular formula is C60H45N. The summed E-state index contributed by atoms with van der Waals surface area (Å²) in [5.41, 5.74) is 20.0. The number of para-hydroxylation sites is 1. The van der Waals surface area contributed by atoms with E-state index in [0.717, 1.165) is 6.54 Å². The maximum Gasteiger partial charge on any atom is 0.0491 e. The van der Waals surface area contributed by atoms with E-state index in [1.165, 1.54) is 121 Å². The van der Waals surface area contributed by atoms with E-state index in [4.69, 9.17) is 0 Å². The van der Waals surface area contributed by atoms with E-state index in [2.05, 4.69) is 232 Å². The summed E-state index contributed by atoms with van der Waals surface area (Å²) in [4.78, 5) is 0. The first-order valence-electron chi connectivity index (χ1n) is 21.5. The molecule has 11 rings (SSSR count). The summed E-state index contributed by atoms with van der Waals surface area (Å²) >= 11 is 0. The van der Waals surface area contributed by atoms with Gasteiger partial charge in [0, 0.05) is 28.4 Å². The monoisotopic (exact) mass is 779 g/mol. The van der Waals surface area contributed by atoms with E-state index in [-0.39, 0.29) is 0 Å². The van der Waals surface area contributed by atoms with Gasteiger partial charge in [-0.1, -0.05) is 188 Å². The highest BCUT2D eigenvalue weighted by Crippen LogP contribution is 2.45. The second-order valence-corrected chi connectivity index (χ2v) is 16.4. The molecule has 0 amide bonds. The van der Waals surface area contributed by atoms with Gasteiger partial charge in [0.15, 0.2) is 0 Å². The first kappa shape index (κ1) is 36.6. The molecule has 1 nitrogen and oxygen atoms in total. The molecule has 10 aromatic carbocycles. The second-order valence-electron chi connectivity index (χ2n) is 16.4. The molecule has 0 N–H and O–H groups in total. The van der Waals surface area contributed by atoms with E-state index in [0.29, 0.717) is 0 Å². The summed E-state index contributed by atoms with van der Waals surface area (Å²) in [6, 6.07) is 76.4. The van der Waals surface area contributed by atoms with Gasteiger partial charge in [0.1, 0.15) is 0 Å². The maximum absolute atomic E-state index is 2.41. The third-order valence-corrected chi connectivity index (χ3v) is 13.0. The molecule has 0 saturated carbocycles. The Balaban J connectivity index is 0.941. The van der Waals surface area contributed by atoms with Crippen LogP contribution in [0.5, 0.6) is 0 Å². The van der Waals surface area contributed by atoms with E-state index >= 15 is 0 Å². The lowest BCUT2D eigenvalue weighted by atomic mass is 9.84. The highest BCUT2D eigenvalue weighted by Gasteiger charge is 2.18. The molecule has 61 heavy (non-hydrogen) atoms. The molecule has 0 radical (unpaired) electrons. The average Bonchev–Trinajstić information content (AvgIpc) is 3.65. The van der Waals surface area contributed by atoms with Crippen molar-refractivity contribution in [1.29, 1.82) is 0 Å². The van der Waals surface area contributed by atoms with Gasteiger partial charge in [-0.15, -0.1) is 0 Å². The van der Waals surface area contributed by atoms with E-state index < -0.39 is 0 Å². The average molecular weight is 780 g/mol. The van der Waals surface area contributed by atoms with Crippen molar-refractivity contribution in [3.8, 4) is 66.8 Å². The number of nitrogens with zero attached hydrogens (tertiary/aromatic N) is 1. The lowest BCUT2D eigenvalue weighted by Gasteiger charge is -2.19. The third kappa shape index (κ3) is 6.33. The molecule has 0 aliphatic heterocycles. The first-order valence-corrected chi connectivity index (χ1v) is 21.5. The molecule has 0 aliphatic rings. The number of benzene rings is 10. The molecular weight excluding hydrogens is 735 g/mol. The van der Waals surface area contributed by atoms with Crippen LogP contribution in [0.2, 0.25) is 0 Å². The molecule has 0 atom stereocenters. The van der Waals surface area contributed by atoms with Gasteiger partial charge in [-0.3, -0.25) is 0 Å². The quantitative estimate of drug-likeness (QED) is 0.142. The minimum absolute atomic E-state index is 0.953. The largest absolute Gasteiger partial charge is 0.341 e. The Morgan fingerprint density at radius 3 is 1.08 bits per heavy atom. The minimum atomic E-state index is 0.953. The van der Waals surface area contributed by atoms with E-state index in [1.54, 1.807) is 0 Å². The number of aromatic nitrogens is 1. The van der Waals surface area contributed by atoms with Crippen LogP contribution in [0, 0.1) is 13.8 Å². The minimum Gasteiger partial charge on any atom is -0.341 e. The molecule has 0 fully saturated rings. The normalized spacial score (nSPS) is 11.6. The van der Waals surface area contributed by atoms with Crippen molar-refractivity contribution in [2.45, 2.75) is 27.3 Å². The van der Waals surface area contributed by atoms with Crippen molar-refractivity contribution in [1.82, 2.24) is 4.57 Å². The van der Waals surface area contributed by atoms with Crippen molar-refractivity contribution in [2.75, 3.05) is 0 Å². The van der Waals surface area contributed by atoms with Crippen LogP contribution in [0.15, 0.2) is 206 Å². The van der Waals surface area contributed by atoms with Crippen LogP contribution in [0.25, 0.3) is 110 Å². The molecule has 0 saturated heterocycles. The standard InChI is InChI=1S/C60H45N/c1-4-61-57-17-11-10-14-51(57)54-38-50(34-35-58(54)61)47-24-22-44(23-25-47)46-28-32-49(33-29-46)60-53-16-9-8-15-52(53)59(55-36-39(2)40(3)37-56(55)60)48-30-26-45(27-31-48)43-20-18-42(19-21-43)41-12-6-5-7-13-41/h5-38H,4H2,1-3H3. The molecule has 11 aromatic rings. The third-order valence-electron chi connectivity index (χ3n) is 13.0. The number of hydrogen-bond donors (Lipinski definition) is 0. The zero-order chi connectivity index (χ0) is 41.0. The van der Waals surface area contributed by atoms with Crippen molar-refractivity contribution < 1.29 is 0 Å². The summed E-state index contributed by atoms with van der Waals surface area (Å²) in [7, 11) is 0. The number of aryl methyl sites for hydroxylation is 3. The van der Waals surface area contributed by atoms with Crippen LogP contribution >= 0.6 is 0 Å². The Morgan fingerprint density at radius 1 is 0.279 bits per heavy atom. The van der Waals surface area contributed by atoms with Crippen molar-refractivity contribution in [3.05, 3.63) is 217 Å². The van der Waals surface area contributed by atoms with Crippen LogP contribution < -0.4 is 0 Å². The fourth-order valence-corrected chi connectivity index (χ4v) is 9.63. The zero-order valence-corrected chi connectivity index (χ0v) is 34.8. The molecule has 0 bridgehead atoms. The van der Waals surface area contributed by atoms with Crippen LogP contribution in [0.1, 0.15) is 18.1 Å². The fourth-order valence-electron chi connectivity index (χ4n) is 9.63. The first-order chi connectivity index (χ1) is 30.0. The summed E-state index contributed by atoms with van der Waals surface area (Å²) in [6.45, 7) is 7.65. The van der Waals surface area contributed by atoms with Gasteiger partial charge in [-0.05, 0) is 138 Å². The Bertz CT molecular complexity index is 3410. The van der Waals surface area contributed by atoms with Gasteiger partial charge >= 0.3 is 0 Å². The Kier molecular flexibility index (Phi) is 8.98. The summed E-state index contributed by atoms with van der Waals surface area (Å²) in [5.74, 6) is 0. The maximum atomic E-state index is 2.41. The lowest BCUT2D eigenvalue weighted by Crippen LogP contribution is -1.93. The summed E-state index contributed by atoms with van der Waals surface area (Å²) in [6.07, 6.45) is 0. The predicted molar refractivity (Wildman–Crippen MR) is 262 cm³/mol. The number of hydrogen-bond acceptors (Lipinski definition) is 0. The van der Waals surface area contributed by atoms with Crippen LogP contribution in [0.4, 0.5) is 0 Å². The van der Waals surface area contributed by atoms with Crippen LogP contribution in [0.3, 0.4) is 0 Å². The van der Waals surface area contributed by atoms with Gasteiger partial charge in [0.05, 0.1) is 0 Å². The highest BCUT2D eigenvalue weighted by atomic mass is 15.0. The van der Waals surface area contributed by atoms with E-state index in [1.807, 2.05) is 0 Å². The van der Waals surface area contributed by atoms with Gasteiger partial charge in [0.2, 0.25) is 0 Å². The predicted octanol–water partition coefficient (Wildman–Crippen LogP) is 16.7. The Hall–Kier alpha value is -7.48. The Morgan fingerprint density at radius 2 is 0.623 bits per heavy atom. The van der Waals surface area contributed by atoms with Crippen molar-refractivity contribution in [2.24, 2.45) is 0 Å².